The van der Waals surface area contributed by atoms with E-state index in [1.165, 1.54) is 12.4 Å². The molecule has 2 N–H and O–H groups in total. The summed E-state index contributed by atoms with van der Waals surface area (Å²) in [5.41, 5.74) is 5.02. The number of benzene rings is 2. The summed E-state index contributed by atoms with van der Waals surface area (Å²) in [4.78, 5) is 26.0. The Bertz CT molecular complexity index is 1550. The summed E-state index contributed by atoms with van der Waals surface area (Å²) in [6.07, 6.45) is 4.65. The first-order valence-corrected chi connectivity index (χ1v) is 13.8. The maximum Gasteiger partial charge on any atom is 0.247 e. The van der Waals surface area contributed by atoms with Crippen molar-refractivity contribution in [1.29, 1.82) is 0 Å². The largest absolute Gasteiger partial charge is 0.494 e. The second-order valence-electron chi connectivity index (χ2n) is 10.4. The Morgan fingerprint density at radius 2 is 1.97 bits per heavy atom. The third-order valence-electron chi connectivity index (χ3n) is 7.39. The highest BCUT2D eigenvalue weighted by atomic mass is 28.1. The number of piperazine rings is 1. The zero-order valence-electron chi connectivity index (χ0n) is 23.0. The Morgan fingerprint density at radius 1 is 1.15 bits per heavy atom. The van der Waals surface area contributed by atoms with Gasteiger partial charge in [0.25, 0.3) is 0 Å². The standard InChI is InChI=1S/C28H34N8O2Si/c1-6-27(37)33-21-12-22(25(38-5)14-24(21)36-10-9-34(3)28(2,39)16-36)32-26-13-20(29-17-30-26)18-7-8-19-15-31-35(4)23(19)11-18/h6-8,11-15,17H,1,9-10,16H2,2-5,39H3,(H,33,37)(H,29,30,32)/t28-/m0/s1. The van der Waals surface area contributed by atoms with Gasteiger partial charge in [-0.3, -0.25) is 9.48 Å². The molecule has 0 unspecified atom stereocenters. The van der Waals surface area contributed by atoms with E-state index in [4.69, 9.17) is 4.74 Å². The minimum absolute atomic E-state index is 0.109. The number of carbonyl (C=O) groups is 1. The number of ether oxygens (including phenoxy) is 1. The topological polar surface area (TPSA) is 100 Å². The number of methoxy groups -OCH3 is 1. The van der Waals surface area contributed by atoms with Crippen molar-refractivity contribution in [2.24, 2.45) is 7.05 Å². The van der Waals surface area contributed by atoms with Crippen LogP contribution in [0.5, 0.6) is 5.75 Å². The number of carbonyl (C=O) groups excluding carboxylic acids is 1. The quantitative estimate of drug-likeness (QED) is 0.272. The molecule has 0 bridgehead atoms. The van der Waals surface area contributed by atoms with E-state index in [2.05, 4.69) is 62.1 Å². The number of fused-ring (bicyclic) bond motifs is 1. The van der Waals surface area contributed by atoms with Gasteiger partial charge in [0.2, 0.25) is 5.91 Å². The Balaban J connectivity index is 1.50. The van der Waals surface area contributed by atoms with Crippen LogP contribution in [0.4, 0.5) is 22.9 Å². The van der Waals surface area contributed by atoms with Gasteiger partial charge in [0.1, 0.15) is 17.9 Å². The number of aryl methyl sites for hydroxylation is 1. The van der Waals surface area contributed by atoms with Gasteiger partial charge in [0.15, 0.2) is 0 Å². The molecule has 0 saturated carbocycles. The van der Waals surface area contributed by atoms with E-state index in [1.54, 1.807) is 7.11 Å². The van der Waals surface area contributed by atoms with E-state index < -0.39 is 0 Å². The van der Waals surface area contributed by atoms with Gasteiger partial charge >= 0.3 is 0 Å². The van der Waals surface area contributed by atoms with Crippen molar-refractivity contribution >= 4 is 49.9 Å². The Morgan fingerprint density at radius 3 is 2.72 bits per heavy atom. The van der Waals surface area contributed by atoms with Crippen LogP contribution in [0.25, 0.3) is 22.2 Å². The summed E-state index contributed by atoms with van der Waals surface area (Å²) in [5, 5.41) is 11.9. The molecule has 4 aromatic rings. The van der Waals surface area contributed by atoms with Gasteiger partial charge in [-0.05, 0) is 32.2 Å². The van der Waals surface area contributed by atoms with Crippen molar-refractivity contribution in [2.45, 2.75) is 12.1 Å². The van der Waals surface area contributed by atoms with E-state index in [0.717, 1.165) is 57.7 Å². The van der Waals surface area contributed by atoms with Crippen LogP contribution in [0.3, 0.4) is 0 Å². The molecule has 5 rings (SSSR count). The lowest BCUT2D eigenvalue weighted by atomic mass is 10.1. The van der Waals surface area contributed by atoms with E-state index in [9.17, 15) is 4.79 Å². The zero-order valence-corrected chi connectivity index (χ0v) is 25.0. The van der Waals surface area contributed by atoms with Crippen LogP contribution in [-0.4, -0.2) is 79.8 Å². The molecular formula is C28H34N8O2Si. The molecular weight excluding hydrogens is 508 g/mol. The van der Waals surface area contributed by atoms with Crippen molar-refractivity contribution in [2.75, 3.05) is 49.3 Å². The van der Waals surface area contributed by atoms with Gasteiger partial charge in [-0.25, -0.2) is 9.97 Å². The first-order valence-electron chi connectivity index (χ1n) is 12.8. The molecule has 1 aliphatic heterocycles. The van der Waals surface area contributed by atoms with Crippen molar-refractivity contribution in [3.05, 3.63) is 61.6 Å². The number of amides is 1. The summed E-state index contributed by atoms with van der Waals surface area (Å²) in [6.45, 7) is 8.54. The summed E-state index contributed by atoms with van der Waals surface area (Å²) < 4.78 is 7.64. The first kappa shape index (κ1) is 26.4. The lowest BCUT2D eigenvalue weighted by Gasteiger charge is -2.46. The lowest BCUT2D eigenvalue weighted by Crippen LogP contribution is -2.60. The molecule has 2 aromatic carbocycles. The van der Waals surface area contributed by atoms with E-state index in [-0.39, 0.29) is 11.1 Å². The molecule has 3 heterocycles. The fraction of sp³-hybridized carbons (Fsp3) is 0.286. The minimum Gasteiger partial charge on any atom is -0.494 e. The average molecular weight is 543 g/mol. The van der Waals surface area contributed by atoms with Crippen molar-refractivity contribution in [1.82, 2.24) is 24.6 Å². The fourth-order valence-electron chi connectivity index (χ4n) is 4.85. The molecule has 2 aromatic heterocycles. The van der Waals surface area contributed by atoms with Gasteiger partial charge in [-0.15, -0.1) is 0 Å². The Kier molecular flexibility index (Phi) is 7.11. The van der Waals surface area contributed by atoms with E-state index in [0.29, 0.717) is 22.9 Å². The van der Waals surface area contributed by atoms with Crippen LogP contribution in [0, 0.1) is 0 Å². The SMILES string of the molecule is C=CC(=O)Nc1cc(Nc2cc(-c3ccc4cnn(C)c4c3)ncn2)c(OC)cc1N1CCN(C)[C@@](C)([SiH3])C1. The van der Waals surface area contributed by atoms with Gasteiger partial charge in [-0.2, -0.15) is 5.10 Å². The summed E-state index contributed by atoms with van der Waals surface area (Å²) in [6, 6.07) is 11.9. The molecule has 0 radical (unpaired) electrons. The summed E-state index contributed by atoms with van der Waals surface area (Å²) in [7, 11) is 6.74. The third kappa shape index (κ3) is 5.36. The van der Waals surface area contributed by atoms with E-state index >= 15 is 0 Å². The molecule has 0 aliphatic carbocycles. The number of nitrogens with one attached hydrogen (secondary N) is 2. The van der Waals surface area contributed by atoms with Crippen LogP contribution in [0.15, 0.2) is 61.6 Å². The number of hydrogen-bond acceptors (Lipinski definition) is 8. The number of rotatable bonds is 7. The first-order chi connectivity index (χ1) is 18.7. The molecule has 1 atom stereocenters. The van der Waals surface area contributed by atoms with Crippen molar-refractivity contribution < 1.29 is 9.53 Å². The minimum atomic E-state index is -0.273. The van der Waals surface area contributed by atoms with Gasteiger partial charge < -0.3 is 25.2 Å². The lowest BCUT2D eigenvalue weighted by molar-refractivity contribution is -0.111. The highest BCUT2D eigenvalue weighted by molar-refractivity contribution is 6.15. The number of nitrogens with zero attached hydrogens (tertiary/aromatic N) is 6. The van der Waals surface area contributed by atoms with Crippen LogP contribution in [-0.2, 0) is 11.8 Å². The molecule has 10 nitrogen and oxygen atoms in total. The second kappa shape index (κ2) is 10.5. The molecule has 0 spiro atoms. The summed E-state index contributed by atoms with van der Waals surface area (Å²) in [5.74, 6) is 0.973. The normalized spacial score (nSPS) is 17.8. The molecule has 1 saturated heterocycles. The van der Waals surface area contributed by atoms with Gasteiger partial charge in [0.05, 0.1) is 41.6 Å². The maximum atomic E-state index is 12.4. The average Bonchev–Trinajstić information content (AvgIpc) is 3.30. The van der Waals surface area contributed by atoms with Crippen LogP contribution in [0.2, 0.25) is 0 Å². The number of aromatic nitrogens is 4. The highest BCUT2D eigenvalue weighted by Gasteiger charge is 2.32. The Hall–Kier alpha value is -4.22. The maximum absolute atomic E-state index is 12.4. The Labute approximate surface area is 231 Å². The van der Waals surface area contributed by atoms with Crippen molar-refractivity contribution in [3.8, 4) is 17.0 Å². The smallest absolute Gasteiger partial charge is 0.247 e. The molecule has 39 heavy (non-hydrogen) atoms. The molecule has 1 aliphatic rings. The molecule has 202 valence electrons. The molecule has 11 heteroatoms. The van der Waals surface area contributed by atoms with Crippen LogP contribution in [0.1, 0.15) is 6.92 Å². The summed E-state index contributed by atoms with van der Waals surface area (Å²) >= 11 is 0. The van der Waals surface area contributed by atoms with Gasteiger partial charge in [0, 0.05) is 65.2 Å². The zero-order chi connectivity index (χ0) is 27.7. The van der Waals surface area contributed by atoms with Gasteiger partial charge in [-0.1, -0.05) is 18.7 Å². The van der Waals surface area contributed by atoms with E-state index in [1.807, 2.05) is 48.3 Å². The highest BCUT2D eigenvalue weighted by Crippen LogP contribution is 2.40. The predicted molar refractivity (Wildman–Crippen MR) is 160 cm³/mol. The molecule has 1 amide bonds. The number of likely N-dealkylation sites (N-methyl/N-ethyl adjacent to an activating group) is 1. The third-order valence-corrected chi connectivity index (χ3v) is 8.47. The molecule has 1 fully saturated rings. The monoisotopic (exact) mass is 542 g/mol. The second-order valence-corrected chi connectivity index (χ2v) is 12.5. The predicted octanol–water partition coefficient (Wildman–Crippen LogP) is 2.74. The number of hydrogen-bond donors (Lipinski definition) is 2. The number of anilines is 4. The fourth-order valence-corrected chi connectivity index (χ4v) is 5.46. The van der Waals surface area contributed by atoms with Crippen molar-refractivity contribution in [3.63, 3.8) is 0 Å². The van der Waals surface area contributed by atoms with Crippen LogP contribution < -0.4 is 20.3 Å². The van der Waals surface area contributed by atoms with Crippen LogP contribution >= 0.6 is 0 Å².